The van der Waals surface area contributed by atoms with E-state index in [-0.39, 0.29) is 11.8 Å². The zero-order chi connectivity index (χ0) is 21.2. The Morgan fingerprint density at radius 1 is 1.34 bits per heavy atom. The molecule has 2 aliphatic heterocycles. The van der Waals surface area contributed by atoms with Gasteiger partial charge >= 0.3 is 0 Å². The van der Waals surface area contributed by atoms with Gasteiger partial charge in [-0.2, -0.15) is 4.72 Å². The first-order valence-electron chi connectivity index (χ1n) is 9.31. The number of carbonyl (C=O) groups excluding carboxylic acids is 2. The van der Waals surface area contributed by atoms with E-state index in [9.17, 15) is 18.0 Å². The highest BCUT2D eigenvalue weighted by molar-refractivity contribution is 7.92. The molecule has 2 aliphatic rings. The average molecular weight is 462 g/mol. The fourth-order valence-electron chi connectivity index (χ4n) is 3.43. The van der Waals surface area contributed by atoms with Gasteiger partial charge in [-0.05, 0) is 38.0 Å². The van der Waals surface area contributed by atoms with Crippen LogP contribution in [-0.2, 0) is 24.3 Å². The van der Waals surface area contributed by atoms with Crippen molar-refractivity contribution in [3.8, 4) is 0 Å². The van der Waals surface area contributed by atoms with Crippen molar-refractivity contribution in [1.29, 1.82) is 0 Å². The molecule has 0 radical (unpaired) electrons. The summed E-state index contributed by atoms with van der Waals surface area (Å²) >= 11 is 7.18. The van der Waals surface area contributed by atoms with Gasteiger partial charge in [0.15, 0.2) is 0 Å². The molecule has 11 heteroatoms. The SMILES string of the molecule is C/C(=C/S(=O)(=O)N[C@H]1CCN([C@@H](C)C(=O)N2CCOCC2)C1=O)c1ccc(Cl)s1. The minimum absolute atomic E-state index is 0.143. The number of morpholine rings is 1. The third-order valence-electron chi connectivity index (χ3n) is 4.99. The molecule has 0 unspecified atom stereocenters. The Balaban J connectivity index is 1.63. The zero-order valence-corrected chi connectivity index (χ0v) is 18.6. The maximum Gasteiger partial charge on any atom is 0.245 e. The van der Waals surface area contributed by atoms with Gasteiger partial charge in [0.25, 0.3) is 0 Å². The van der Waals surface area contributed by atoms with Gasteiger partial charge in [-0.3, -0.25) is 9.59 Å². The Morgan fingerprint density at radius 3 is 2.66 bits per heavy atom. The standard InChI is InChI=1S/C18H24ClN3O5S2/c1-12(15-3-4-16(19)28-15)11-29(25,26)20-14-5-6-22(18(14)24)13(2)17(23)21-7-9-27-10-8-21/h3-4,11,13-14,20H,5-10H2,1-2H3/b12-11-/t13-,14-/m0/s1. The molecule has 2 saturated heterocycles. The third-order valence-corrected chi connectivity index (χ3v) is 7.63. The lowest BCUT2D eigenvalue weighted by Gasteiger charge is -2.32. The number of hydrogen-bond acceptors (Lipinski definition) is 6. The smallest absolute Gasteiger partial charge is 0.245 e. The fourth-order valence-corrected chi connectivity index (χ4v) is 5.79. The van der Waals surface area contributed by atoms with Gasteiger partial charge in [-0.1, -0.05) is 11.6 Å². The van der Waals surface area contributed by atoms with Crippen molar-refractivity contribution in [1.82, 2.24) is 14.5 Å². The quantitative estimate of drug-likeness (QED) is 0.693. The van der Waals surface area contributed by atoms with Gasteiger partial charge in [-0.25, -0.2) is 8.42 Å². The first-order chi connectivity index (χ1) is 13.7. The maximum atomic E-state index is 12.7. The normalized spacial score (nSPS) is 22.2. The molecule has 0 saturated carbocycles. The Morgan fingerprint density at radius 2 is 2.03 bits per heavy atom. The van der Waals surface area contributed by atoms with Crippen molar-refractivity contribution < 1.29 is 22.7 Å². The lowest BCUT2D eigenvalue weighted by atomic mass is 10.2. The Labute approximate surface area is 179 Å². The van der Waals surface area contributed by atoms with Crippen molar-refractivity contribution in [2.75, 3.05) is 32.8 Å². The van der Waals surface area contributed by atoms with E-state index in [1.54, 1.807) is 30.9 Å². The number of carbonyl (C=O) groups is 2. The highest BCUT2D eigenvalue weighted by Gasteiger charge is 2.39. The number of nitrogens with one attached hydrogen (secondary N) is 1. The van der Waals surface area contributed by atoms with E-state index in [1.807, 2.05) is 0 Å². The summed E-state index contributed by atoms with van der Waals surface area (Å²) in [5.41, 5.74) is 0.535. The highest BCUT2D eigenvalue weighted by Crippen LogP contribution is 2.28. The lowest BCUT2D eigenvalue weighted by molar-refractivity contribution is -0.146. The van der Waals surface area contributed by atoms with E-state index >= 15 is 0 Å². The van der Waals surface area contributed by atoms with Gasteiger partial charge in [0.2, 0.25) is 21.8 Å². The van der Waals surface area contributed by atoms with Crippen LogP contribution in [0.4, 0.5) is 0 Å². The summed E-state index contributed by atoms with van der Waals surface area (Å²) in [5, 5.41) is 1.10. The molecule has 0 aromatic carbocycles. The molecule has 1 aromatic heterocycles. The van der Waals surface area contributed by atoms with Crippen LogP contribution in [0.5, 0.6) is 0 Å². The van der Waals surface area contributed by atoms with Crippen LogP contribution in [0, 0.1) is 0 Å². The topological polar surface area (TPSA) is 96.0 Å². The highest BCUT2D eigenvalue weighted by atomic mass is 35.5. The number of thiophene rings is 1. The molecule has 1 aromatic rings. The molecule has 1 N–H and O–H groups in total. The minimum Gasteiger partial charge on any atom is -0.378 e. The van der Waals surface area contributed by atoms with Crippen molar-refractivity contribution >= 4 is 50.3 Å². The van der Waals surface area contributed by atoms with Crippen LogP contribution in [0.1, 0.15) is 25.1 Å². The molecule has 2 atom stereocenters. The van der Waals surface area contributed by atoms with Crippen LogP contribution < -0.4 is 4.72 Å². The van der Waals surface area contributed by atoms with Gasteiger partial charge in [-0.15, -0.1) is 11.3 Å². The Bertz CT molecular complexity index is 908. The molecular formula is C18H24ClN3O5S2. The van der Waals surface area contributed by atoms with Crippen LogP contribution in [0.3, 0.4) is 0 Å². The fraction of sp³-hybridized carbons (Fsp3) is 0.556. The lowest BCUT2D eigenvalue weighted by Crippen LogP contribution is -2.52. The summed E-state index contributed by atoms with van der Waals surface area (Å²) in [6.07, 6.45) is 0.316. The first kappa shape index (κ1) is 22.2. The summed E-state index contributed by atoms with van der Waals surface area (Å²) in [5.74, 6) is -0.525. The van der Waals surface area contributed by atoms with E-state index in [0.29, 0.717) is 49.2 Å². The van der Waals surface area contributed by atoms with Crippen LogP contribution in [-0.4, -0.2) is 75.0 Å². The van der Waals surface area contributed by atoms with Crippen molar-refractivity contribution in [3.63, 3.8) is 0 Å². The molecular weight excluding hydrogens is 438 g/mol. The second kappa shape index (κ2) is 9.13. The van der Waals surface area contributed by atoms with Gasteiger partial charge in [0.1, 0.15) is 12.1 Å². The summed E-state index contributed by atoms with van der Waals surface area (Å²) in [6, 6.07) is 1.93. The molecule has 0 bridgehead atoms. The van der Waals surface area contributed by atoms with Gasteiger partial charge < -0.3 is 14.5 Å². The third kappa shape index (κ3) is 5.37. The van der Waals surface area contributed by atoms with E-state index in [4.69, 9.17) is 16.3 Å². The van der Waals surface area contributed by atoms with Gasteiger partial charge in [0, 0.05) is 24.5 Å². The van der Waals surface area contributed by atoms with E-state index in [1.165, 1.54) is 16.2 Å². The van der Waals surface area contributed by atoms with E-state index in [0.717, 1.165) is 10.3 Å². The molecule has 3 rings (SSSR count). The number of rotatable bonds is 6. The van der Waals surface area contributed by atoms with E-state index in [2.05, 4.69) is 4.72 Å². The number of nitrogens with zero attached hydrogens (tertiary/aromatic N) is 2. The van der Waals surface area contributed by atoms with E-state index < -0.39 is 22.1 Å². The number of ether oxygens (including phenoxy) is 1. The molecule has 29 heavy (non-hydrogen) atoms. The summed E-state index contributed by atoms with van der Waals surface area (Å²) in [4.78, 5) is 29.2. The molecule has 2 amide bonds. The van der Waals surface area contributed by atoms with Crippen molar-refractivity contribution in [2.45, 2.75) is 32.4 Å². The average Bonchev–Trinajstić information content (AvgIpc) is 3.27. The molecule has 160 valence electrons. The van der Waals surface area contributed by atoms with Crippen molar-refractivity contribution in [3.05, 3.63) is 26.8 Å². The first-order valence-corrected chi connectivity index (χ1v) is 12.1. The monoisotopic (exact) mass is 461 g/mol. The van der Waals surface area contributed by atoms with Crippen LogP contribution in [0.25, 0.3) is 5.57 Å². The summed E-state index contributed by atoms with van der Waals surface area (Å²) in [7, 11) is -3.83. The number of likely N-dealkylation sites (tertiary alicyclic amines) is 1. The summed E-state index contributed by atoms with van der Waals surface area (Å²) in [6.45, 7) is 5.64. The number of hydrogen-bond donors (Lipinski definition) is 1. The Kier molecular flexibility index (Phi) is 7.00. The number of allylic oxidation sites excluding steroid dienone is 1. The molecule has 0 spiro atoms. The molecule has 3 heterocycles. The molecule has 8 nitrogen and oxygen atoms in total. The predicted octanol–water partition coefficient (Wildman–Crippen LogP) is 1.53. The molecule has 2 fully saturated rings. The maximum absolute atomic E-state index is 12.7. The Hall–Kier alpha value is -1.46. The van der Waals surface area contributed by atoms with Crippen LogP contribution in [0.2, 0.25) is 4.34 Å². The zero-order valence-electron chi connectivity index (χ0n) is 16.3. The second-order valence-electron chi connectivity index (χ2n) is 7.05. The predicted molar refractivity (Wildman–Crippen MR) is 112 cm³/mol. The second-order valence-corrected chi connectivity index (χ2v) is 10.3. The van der Waals surface area contributed by atoms with Crippen LogP contribution >= 0.6 is 22.9 Å². The number of halogens is 1. The van der Waals surface area contributed by atoms with Crippen LogP contribution in [0.15, 0.2) is 17.5 Å². The number of amides is 2. The number of sulfonamides is 1. The largest absolute Gasteiger partial charge is 0.378 e. The van der Waals surface area contributed by atoms with Gasteiger partial charge in [0.05, 0.1) is 23.0 Å². The van der Waals surface area contributed by atoms with Crippen molar-refractivity contribution in [2.24, 2.45) is 0 Å². The summed E-state index contributed by atoms with van der Waals surface area (Å²) < 4.78 is 33.3. The minimum atomic E-state index is -3.83. The molecule has 0 aliphatic carbocycles.